The molecule has 1 aromatic heterocycles. The minimum Gasteiger partial charge on any atom is -0.482 e. The van der Waals surface area contributed by atoms with Crippen molar-refractivity contribution in [3.8, 4) is 5.75 Å². The van der Waals surface area contributed by atoms with Crippen LogP contribution >= 0.6 is 0 Å². The fraction of sp³-hybridized carbons (Fsp3) is 0.357. The van der Waals surface area contributed by atoms with E-state index in [-0.39, 0.29) is 24.2 Å². The van der Waals surface area contributed by atoms with Crippen molar-refractivity contribution in [2.45, 2.75) is 26.5 Å². The van der Waals surface area contributed by atoms with Gasteiger partial charge in [-0.05, 0) is 31.2 Å². The molecule has 1 N–H and O–H groups in total. The summed E-state index contributed by atoms with van der Waals surface area (Å²) >= 11 is 0. The van der Waals surface area contributed by atoms with Gasteiger partial charge >= 0.3 is 0 Å². The van der Waals surface area contributed by atoms with Gasteiger partial charge in [0.2, 0.25) is 0 Å². The number of hydrogen-bond acceptors (Lipinski definition) is 4. The first-order valence-corrected chi connectivity index (χ1v) is 6.26. The number of benzene rings is 1. The molecule has 0 spiro atoms. The number of nitrogens with one attached hydrogen (secondary N) is 1. The largest absolute Gasteiger partial charge is 0.482 e. The first kappa shape index (κ1) is 13.5. The third-order valence-corrected chi connectivity index (χ3v) is 2.83. The first-order valence-electron chi connectivity index (χ1n) is 6.26. The van der Waals surface area contributed by atoms with Crippen molar-refractivity contribution in [3.63, 3.8) is 0 Å². The zero-order valence-electron chi connectivity index (χ0n) is 11.0. The van der Waals surface area contributed by atoms with Crippen LogP contribution in [0.25, 0.3) is 0 Å². The molecule has 0 radical (unpaired) electrons. The third kappa shape index (κ3) is 3.54. The molecular formula is C14H17FN2O2. The Morgan fingerprint density at radius 3 is 2.89 bits per heavy atom. The molecule has 5 heteroatoms. The quantitative estimate of drug-likeness (QED) is 0.871. The summed E-state index contributed by atoms with van der Waals surface area (Å²) in [5.41, 5.74) is 0.895. The van der Waals surface area contributed by atoms with Crippen LogP contribution in [0.5, 0.6) is 5.75 Å². The summed E-state index contributed by atoms with van der Waals surface area (Å²) in [6, 6.07) is 6.77. The van der Waals surface area contributed by atoms with Gasteiger partial charge in [0, 0.05) is 12.1 Å². The summed E-state index contributed by atoms with van der Waals surface area (Å²) in [5.74, 6) is 0.398. The van der Waals surface area contributed by atoms with E-state index in [1.165, 1.54) is 12.3 Å². The van der Waals surface area contributed by atoms with Crippen LogP contribution in [0.3, 0.4) is 0 Å². The molecule has 1 heterocycles. The van der Waals surface area contributed by atoms with Crippen molar-refractivity contribution in [1.82, 2.24) is 10.5 Å². The molecule has 0 aliphatic carbocycles. The SMILES string of the molecule is CCNC(C)c1ccc(OCc2ccno2)c(F)c1. The number of hydrogen-bond donors (Lipinski definition) is 1. The first-order chi connectivity index (χ1) is 9.20. The molecule has 0 aliphatic heterocycles. The second-order valence-corrected chi connectivity index (χ2v) is 4.24. The van der Waals surface area contributed by atoms with Gasteiger partial charge in [0.1, 0.15) is 6.61 Å². The predicted octanol–water partition coefficient (Wildman–Crippen LogP) is 3.06. The van der Waals surface area contributed by atoms with Gasteiger partial charge in [-0.3, -0.25) is 0 Å². The second-order valence-electron chi connectivity index (χ2n) is 4.24. The molecule has 1 unspecified atom stereocenters. The van der Waals surface area contributed by atoms with Crippen LogP contribution in [0.15, 0.2) is 35.0 Å². The molecule has 19 heavy (non-hydrogen) atoms. The lowest BCUT2D eigenvalue weighted by molar-refractivity contribution is 0.240. The zero-order chi connectivity index (χ0) is 13.7. The lowest BCUT2D eigenvalue weighted by Crippen LogP contribution is -2.17. The number of rotatable bonds is 6. The summed E-state index contributed by atoms with van der Waals surface area (Å²) in [6.45, 7) is 5.01. The lowest BCUT2D eigenvalue weighted by Gasteiger charge is -2.14. The van der Waals surface area contributed by atoms with Crippen LogP contribution in [-0.4, -0.2) is 11.7 Å². The Bertz CT molecular complexity index is 514. The number of aromatic nitrogens is 1. The summed E-state index contributed by atoms with van der Waals surface area (Å²) in [4.78, 5) is 0. The Balaban J connectivity index is 2.02. The Morgan fingerprint density at radius 1 is 1.42 bits per heavy atom. The molecule has 0 saturated heterocycles. The number of halogens is 1. The Labute approximate surface area is 111 Å². The highest BCUT2D eigenvalue weighted by Gasteiger charge is 2.10. The van der Waals surface area contributed by atoms with Crippen LogP contribution in [0.4, 0.5) is 4.39 Å². The molecule has 2 rings (SSSR count). The molecule has 4 nitrogen and oxygen atoms in total. The van der Waals surface area contributed by atoms with E-state index in [0.717, 1.165) is 12.1 Å². The average Bonchev–Trinajstić information content (AvgIpc) is 2.90. The Kier molecular flexibility index (Phi) is 4.52. The van der Waals surface area contributed by atoms with Crippen molar-refractivity contribution >= 4 is 0 Å². The monoisotopic (exact) mass is 264 g/mol. The molecule has 0 fully saturated rings. The highest BCUT2D eigenvalue weighted by Crippen LogP contribution is 2.22. The minimum absolute atomic E-state index is 0.114. The molecular weight excluding hydrogens is 247 g/mol. The number of ether oxygens (including phenoxy) is 1. The van der Waals surface area contributed by atoms with Gasteiger partial charge < -0.3 is 14.6 Å². The van der Waals surface area contributed by atoms with Crippen LogP contribution in [-0.2, 0) is 6.61 Å². The predicted molar refractivity (Wildman–Crippen MR) is 69.3 cm³/mol. The minimum atomic E-state index is -0.373. The van der Waals surface area contributed by atoms with E-state index in [2.05, 4.69) is 10.5 Å². The smallest absolute Gasteiger partial charge is 0.174 e. The topological polar surface area (TPSA) is 47.3 Å². The summed E-state index contributed by atoms with van der Waals surface area (Å²) < 4.78 is 24.1. The molecule has 0 bridgehead atoms. The van der Waals surface area contributed by atoms with E-state index in [0.29, 0.717) is 5.76 Å². The van der Waals surface area contributed by atoms with Crippen molar-refractivity contribution < 1.29 is 13.7 Å². The van der Waals surface area contributed by atoms with E-state index >= 15 is 0 Å². The normalized spacial score (nSPS) is 12.4. The standard InChI is InChI=1S/C14H17FN2O2/c1-3-16-10(2)11-4-5-14(13(15)8-11)18-9-12-6-7-17-19-12/h4-8,10,16H,3,9H2,1-2H3. The van der Waals surface area contributed by atoms with Crippen LogP contribution < -0.4 is 10.1 Å². The molecule has 1 atom stereocenters. The lowest BCUT2D eigenvalue weighted by atomic mass is 10.1. The Morgan fingerprint density at radius 2 is 2.26 bits per heavy atom. The van der Waals surface area contributed by atoms with Gasteiger partial charge in [0.05, 0.1) is 6.20 Å². The van der Waals surface area contributed by atoms with Crippen LogP contribution in [0.2, 0.25) is 0 Å². The number of nitrogens with zero attached hydrogens (tertiary/aromatic N) is 1. The van der Waals surface area contributed by atoms with Gasteiger partial charge in [-0.1, -0.05) is 18.1 Å². The van der Waals surface area contributed by atoms with E-state index in [4.69, 9.17) is 9.26 Å². The fourth-order valence-electron chi connectivity index (χ4n) is 1.79. The van der Waals surface area contributed by atoms with Crippen LogP contribution in [0, 0.1) is 5.82 Å². The van der Waals surface area contributed by atoms with Gasteiger partial charge in [-0.2, -0.15) is 0 Å². The van der Waals surface area contributed by atoms with Crippen LogP contribution in [0.1, 0.15) is 31.2 Å². The average molecular weight is 264 g/mol. The highest BCUT2D eigenvalue weighted by molar-refractivity contribution is 5.31. The summed E-state index contributed by atoms with van der Waals surface area (Å²) in [7, 11) is 0. The molecule has 1 aromatic carbocycles. The second kappa shape index (κ2) is 6.33. The maximum absolute atomic E-state index is 13.9. The molecule has 0 amide bonds. The third-order valence-electron chi connectivity index (χ3n) is 2.83. The van der Waals surface area contributed by atoms with Gasteiger partial charge in [0.25, 0.3) is 0 Å². The highest BCUT2D eigenvalue weighted by atomic mass is 19.1. The molecule has 102 valence electrons. The van der Waals surface area contributed by atoms with Crippen molar-refractivity contribution in [2.24, 2.45) is 0 Å². The van der Waals surface area contributed by atoms with E-state index in [9.17, 15) is 4.39 Å². The Hall–Kier alpha value is -1.88. The van der Waals surface area contributed by atoms with E-state index in [1.807, 2.05) is 19.9 Å². The van der Waals surface area contributed by atoms with Crippen molar-refractivity contribution in [3.05, 3.63) is 47.6 Å². The summed E-state index contributed by atoms with van der Waals surface area (Å²) in [5, 5.41) is 6.79. The van der Waals surface area contributed by atoms with Gasteiger partial charge in [-0.25, -0.2) is 4.39 Å². The molecule has 0 aliphatic rings. The van der Waals surface area contributed by atoms with Gasteiger partial charge in [-0.15, -0.1) is 0 Å². The summed E-state index contributed by atoms with van der Waals surface area (Å²) in [6.07, 6.45) is 1.52. The van der Waals surface area contributed by atoms with E-state index in [1.54, 1.807) is 12.1 Å². The van der Waals surface area contributed by atoms with Gasteiger partial charge in [0.15, 0.2) is 17.3 Å². The van der Waals surface area contributed by atoms with Crippen molar-refractivity contribution in [2.75, 3.05) is 6.54 Å². The molecule has 2 aromatic rings. The maximum Gasteiger partial charge on any atom is 0.174 e. The zero-order valence-corrected chi connectivity index (χ0v) is 11.0. The van der Waals surface area contributed by atoms with E-state index < -0.39 is 0 Å². The maximum atomic E-state index is 13.9. The molecule has 0 saturated carbocycles. The fourth-order valence-corrected chi connectivity index (χ4v) is 1.79. The van der Waals surface area contributed by atoms with Crippen molar-refractivity contribution in [1.29, 1.82) is 0 Å².